The van der Waals surface area contributed by atoms with Crippen LogP contribution in [-0.2, 0) is 17.1 Å². The molecule has 19 heavy (non-hydrogen) atoms. The Hall–Kier alpha value is -0.610. The molecule has 1 aliphatic rings. The van der Waals surface area contributed by atoms with Crippen LogP contribution in [0.2, 0.25) is 0 Å². The minimum Gasteiger partial charge on any atom is -0.343 e. The number of hydrogen-bond acceptors (Lipinski definition) is 3. The maximum atomic E-state index is 11.9. The van der Waals surface area contributed by atoms with Gasteiger partial charge in [-0.15, -0.1) is 22.9 Å². The van der Waals surface area contributed by atoms with E-state index >= 15 is 0 Å². The SMILES string of the molecule is CC1CCC(=O)N(CCCc2nc(CCl)cs2)CC1. The van der Waals surface area contributed by atoms with E-state index in [0.29, 0.717) is 17.7 Å². The molecule has 0 aromatic carbocycles. The first-order chi connectivity index (χ1) is 9.19. The van der Waals surface area contributed by atoms with Gasteiger partial charge in [-0.1, -0.05) is 6.92 Å². The summed E-state index contributed by atoms with van der Waals surface area (Å²) >= 11 is 7.41. The maximum absolute atomic E-state index is 11.9. The van der Waals surface area contributed by atoms with Crippen molar-refractivity contribution in [3.63, 3.8) is 0 Å². The van der Waals surface area contributed by atoms with E-state index in [1.165, 1.54) is 0 Å². The number of rotatable bonds is 5. The summed E-state index contributed by atoms with van der Waals surface area (Å²) in [6.07, 6.45) is 4.84. The Morgan fingerprint density at radius 1 is 1.53 bits per heavy atom. The molecule has 0 bridgehead atoms. The highest BCUT2D eigenvalue weighted by atomic mass is 35.5. The fourth-order valence-electron chi connectivity index (χ4n) is 2.36. The van der Waals surface area contributed by atoms with E-state index in [1.54, 1.807) is 11.3 Å². The zero-order valence-corrected chi connectivity index (χ0v) is 13.0. The highest BCUT2D eigenvalue weighted by molar-refractivity contribution is 7.09. The molecule has 5 heteroatoms. The normalized spacial score (nSPS) is 20.6. The molecule has 1 saturated heterocycles. The van der Waals surface area contributed by atoms with Gasteiger partial charge in [-0.3, -0.25) is 4.79 Å². The summed E-state index contributed by atoms with van der Waals surface area (Å²) < 4.78 is 0. The van der Waals surface area contributed by atoms with Gasteiger partial charge in [0.05, 0.1) is 16.6 Å². The number of aromatic nitrogens is 1. The molecule has 1 amide bonds. The molecule has 0 aliphatic carbocycles. The van der Waals surface area contributed by atoms with Crippen molar-refractivity contribution in [2.75, 3.05) is 13.1 Å². The number of carbonyl (C=O) groups excluding carboxylic acids is 1. The highest BCUT2D eigenvalue weighted by Gasteiger charge is 2.19. The van der Waals surface area contributed by atoms with Gasteiger partial charge in [-0.25, -0.2) is 4.98 Å². The third-order valence-electron chi connectivity index (χ3n) is 3.65. The summed E-state index contributed by atoms with van der Waals surface area (Å²) in [5, 5.41) is 3.15. The molecule has 1 aliphatic heterocycles. The van der Waals surface area contributed by atoms with Crippen molar-refractivity contribution in [2.24, 2.45) is 5.92 Å². The average Bonchev–Trinajstić information content (AvgIpc) is 2.81. The van der Waals surface area contributed by atoms with Crippen LogP contribution < -0.4 is 0 Å². The summed E-state index contributed by atoms with van der Waals surface area (Å²) in [5.74, 6) is 1.49. The van der Waals surface area contributed by atoms with Crippen LogP contribution in [0, 0.1) is 5.92 Å². The number of thiazole rings is 1. The van der Waals surface area contributed by atoms with E-state index in [-0.39, 0.29) is 0 Å². The molecule has 1 unspecified atom stereocenters. The van der Waals surface area contributed by atoms with E-state index in [4.69, 9.17) is 11.6 Å². The molecule has 3 nitrogen and oxygen atoms in total. The van der Waals surface area contributed by atoms with Crippen LogP contribution in [0.25, 0.3) is 0 Å². The Kier molecular flexibility index (Phi) is 5.64. The van der Waals surface area contributed by atoms with Gasteiger partial charge in [0.25, 0.3) is 0 Å². The van der Waals surface area contributed by atoms with Gasteiger partial charge < -0.3 is 4.90 Å². The first-order valence-corrected chi connectivity index (χ1v) is 8.37. The van der Waals surface area contributed by atoms with Gasteiger partial charge in [0.2, 0.25) is 5.91 Å². The van der Waals surface area contributed by atoms with Crippen LogP contribution in [0.15, 0.2) is 5.38 Å². The molecule has 1 aromatic heterocycles. The Bertz CT molecular complexity index is 421. The quantitative estimate of drug-likeness (QED) is 0.780. The van der Waals surface area contributed by atoms with Gasteiger partial charge in [-0.2, -0.15) is 0 Å². The van der Waals surface area contributed by atoms with Gasteiger partial charge in [0, 0.05) is 31.3 Å². The minimum absolute atomic E-state index is 0.324. The van der Waals surface area contributed by atoms with Gasteiger partial charge in [0.15, 0.2) is 0 Å². The van der Waals surface area contributed by atoms with Crippen molar-refractivity contribution < 1.29 is 4.79 Å². The van der Waals surface area contributed by atoms with E-state index in [1.807, 2.05) is 10.3 Å². The van der Waals surface area contributed by atoms with Crippen LogP contribution in [0.4, 0.5) is 0 Å². The summed E-state index contributed by atoms with van der Waals surface area (Å²) in [5.41, 5.74) is 0.960. The second-order valence-electron chi connectivity index (χ2n) is 5.28. The maximum Gasteiger partial charge on any atom is 0.222 e. The number of likely N-dealkylation sites (tertiary alicyclic amines) is 1. The van der Waals surface area contributed by atoms with Gasteiger partial charge in [0.1, 0.15) is 0 Å². The molecular formula is C14H21ClN2OS. The summed E-state index contributed by atoms with van der Waals surface area (Å²) in [7, 11) is 0. The molecule has 2 heterocycles. The molecular weight excluding hydrogens is 280 g/mol. The highest BCUT2D eigenvalue weighted by Crippen LogP contribution is 2.18. The van der Waals surface area contributed by atoms with Crippen LogP contribution in [0.5, 0.6) is 0 Å². The largest absolute Gasteiger partial charge is 0.343 e. The molecule has 0 N–H and O–H groups in total. The number of aryl methyl sites for hydroxylation is 1. The zero-order chi connectivity index (χ0) is 13.7. The summed E-state index contributed by atoms with van der Waals surface area (Å²) in [6, 6.07) is 0. The number of nitrogens with zero attached hydrogens (tertiary/aromatic N) is 2. The molecule has 1 atom stereocenters. The molecule has 2 rings (SSSR count). The van der Waals surface area contributed by atoms with Crippen molar-refractivity contribution in [2.45, 2.75) is 44.9 Å². The van der Waals surface area contributed by atoms with Crippen molar-refractivity contribution in [3.05, 3.63) is 16.1 Å². The van der Waals surface area contributed by atoms with Crippen molar-refractivity contribution in [3.8, 4) is 0 Å². The Morgan fingerprint density at radius 3 is 3.11 bits per heavy atom. The van der Waals surface area contributed by atoms with E-state index in [2.05, 4.69) is 11.9 Å². The lowest BCUT2D eigenvalue weighted by Gasteiger charge is -2.20. The van der Waals surface area contributed by atoms with Crippen molar-refractivity contribution in [1.29, 1.82) is 0 Å². The lowest BCUT2D eigenvalue weighted by molar-refractivity contribution is -0.130. The Morgan fingerprint density at radius 2 is 2.37 bits per heavy atom. The van der Waals surface area contributed by atoms with Crippen LogP contribution >= 0.6 is 22.9 Å². The molecule has 1 aromatic rings. The molecule has 1 fully saturated rings. The van der Waals surface area contributed by atoms with Crippen molar-refractivity contribution >= 4 is 28.8 Å². The predicted octanol–water partition coefficient (Wildman–Crippen LogP) is 3.46. The minimum atomic E-state index is 0.324. The molecule has 0 spiro atoms. The molecule has 0 radical (unpaired) electrons. The van der Waals surface area contributed by atoms with Crippen molar-refractivity contribution in [1.82, 2.24) is 9.88 Å². The summed E-state index contributed by atoms with van der Waals surface area (Å²) in [6.45, 7) is 4.02. The van der Waals surface area contributed by atoms with Gasteiger partial charge >= 0.3 is 0 Å². The average molecular weight is 301 g/mol. The predicted molar refractivity (Wildman–Crippen MR) is 79.6 cm³/mol. The number of amides is 1. The fourth-order valence-corrected chi connectivity index (χ4v) is 3.42. The number of alkyl halides is 1. The molecule has 0 saturated carbocycles. The van der Waals surface area contributed by atoms with Crippen LogP contribution in [0.1, 0.15) is 43.3 Å². The number of halogens is 1. The second-order valence-corrected chi connectivity index (χ2v) is 6.49. The standard InChI is InChI=1S/C14H21ClN2OS/c1-11-4-5-14(18)17(8-6-11)7-2-3-13-16-12(9-15)10-19-13/h10-11H,2-9H2,1H3. The Labute approximate surface area is 124 Å². The lowest BCUT2D eigenvalue weighted by Crippen LogP contribution is -2.31. The monoisotopic (exact) mass is 300 g/mol. The molecule has 106 valence electrons. The van der Waals surface area contributed by atoms with E-state index in [9.17, 15) is 4.79 Å². The van der Waals surface area contributed by atoms with Crippen LogP contribution in [0.3, 0.4) is 0 Å². The smallest absolute Gasteiger partial charge is 0.222 e. The lowest BCUT2D eigenvalue weighted by atomic mass is 10.0. The third-order valence-corrected chi connectivity index (χ3v) is 4.88. The number of hydrogen-bond donors (Lipinski definition) is 0. The topological polar surface area (TPSA) is 33.2 Å². The van der Waals surface area contributed by atoms with Gasteiger partial charge in [-0.05, 0) is 25.2 Å². The van der Waals surface area contributed by atoms with E-state index < -0.39 is 0 Å². The van der Waals surface area contributed by atoms with E-state index in [0.717, 1.165) is 55.9 Å². The van der Waals surface area contributed by atoms with Crippen LogP contribution in [-0.4, -0.2) is 28.9 Å². The number of carbonyl (C=O) groups is 1. The first-order valence-electron chi connectivity index (χ1n) is 6.96. The fraction of sp³-hybridized carbons (Fsp3) is 0.714. The first kappa shape index (κ1) is 14.8. The zero-order valence-electron chi connectivity index (χ0n) is 11.4. The second kappa shape index (κ2) is 7.25. The third kappa shape index (κ3) is 4.46. The Balaban J connectivity index is 1.76. The summed E-state index contributed by atoms with van der Waals surface area (Å²) in [4.78, 5) is 18.4.